The van der Waals surface area contributed by atoms with Crippen LogP contribution in [-0.4, -0.2) is 26.8 Å². The van der Waals surface area contributed by atoms with Gasteiger partial charge in [-0.05, 0) is 58.9 Å². The van der Waals surface area contributed by atoms with Gasteiger partial charge in [0.1, 0.15) is 0 Å². The Morgan fingerprint density at radius 1 is 1.33 bits per heavy atom. The predicted molar refractivity (Wildman–Crippen MR) is 82.6 cm³/mol. The highest BCUT2D eigenvalue weighted by atomic mass is 15.6. The Bertz CT molecular complexity index is 502. The third-order valence-corrected chi connectivity index (χ3v) is 5.83. The number of fused-ring (bicyclic) bond motifs is 2. The van der Waals surface area contributed by atoms with Crippen molar-refractivity contribution in [1.82, 2.24) is 25.5 Å². The Hall–Kier alpha value is -0.970. The van der Waals surface area contributed by atoms with Crippen molar-refractivity contribution in [3.63, 3.8) is 0 Å². The normalized spacial score (nSPS) is 34.0. The number of tetrazole rings is 1. The predicted octanol–water partition coefficient (Wildman–Crippen LogP) is 2.81. The van der Waals surface area contributed by atoms with E-state index in [1.165, 1.54) is 19.3 Å². The summed E-state index contributed by atoms with van der Waals surface area (Å²) in [7, 11) is 0. The molecule has 3 rings (SSSR count). The van der Waals surface area contributed by atoms with Crippen LogP contribution in [0, 0.1) is 22.7 Å². The maximum absolute atomic E-state index is 4.37. The highest BCUT2D eigenvalue weighted by Crippen LogP contribution is 2.67. The minimum absolute atomic E-state index is 0.287. The van der Waals surface area contributed by atoms with Crippen LogP contribution in [0.3, 0.4) is 0 Å². The van der Waals surface area contributed by atoms with Gasteiger partial charge >= 0.3 is 0 Å². The van der Waals surface area contributed by atoms with Gasteiger partial charge in [0.2, 0.25) is 0 Å². The molecular weight excluding hydrogens is 262 g/mol. The first kappa shape index (κ1) is 14.9. The van der Waals surface area contributed by atoms with E-state index in [-0.39, 0.29) is 5.41 Å². The van der Waals surface area contributed by atoms with E-state index in [1.807, 2.05) is 0 Å². The average Bonchev–Trinajstić information content (AvgIpc) is 3.01. The van der Waals surface area contributed by atoms with Crippen molar-refractivity contribution in [1.29, 1.82) is 0 Å². The number of rotatable bonds is 5. The van der Waals surface area contributed by atoms with Crippen molar-refractivity contribution in [2.45, 2.75) is 66.5 Å². The zero-order valence-electron chi connectivity index (χ0n) is 14.1. The Kier molecular flexibility index (Phi) is 3.59. The summed E-state index contributed by atoms with van der Waals surface area (Å²) in [6.45, 7) is 13.4. The van der Waals surface area contributed by atoms with Gasteiger partial charge in [0.05, 0.1) is 12.6 Å². The zero-order chi connectivity index (χ0) is 15.3. The van der Waals surface area contributed by atoms with Crippen LogP contribution < -0.4 is 5.32 Å². The maximum atomic E-state index is 4.37. The average molecular weight is 291 g/mol. The molecule has 5 heteroatoms. The lowest BCUT2D eigenvalue weighted by Crippen LogP contribution is -2.39. The fourth-order valence-electron chi connectivity index (χ4n) is 4.89. The van der Waals surface area contributed by atoms with Crippen LogP contribution in [0.2, 0.25) is 0 Å². The smallest absolute Gasteiger partial charge is 0.165 e. The van der Waals surface area contributed by atoms with E-state index in [0.29, 0.717) is 17.4 Å². The summed E-state index contributed by atoms with van der Waals surface area (Å²) in [6, 6.07) is 0.426. The van der Waals surface area contributed by atoms with Gasteiger partial charge in [0, 0.05) is 0 Å². The first-order valence-corrected chi connectivity index (χ1v) is 8.32. The molecule has 0 saturated heterocycles. The summed E-state index contributed by atoms with van der Waals surface area (Å²) < 4.78 is 2.13. The number of hydrogen-bond acceptors (Lipinski definition) is 4. The van der Waals surface area contributed by atoms with E-state index in [2.05, 4.69) is 60.1 Å². The molecule has 2 aliphatic carbocycles. The van der Waals surface area contributed by atoms with Crippen molar-refractivity contribution in [2.24, 2.45) is 22.7 Å². The molecule has 0 amide bonds. The molecule has 21 heavy (non-hydrogen) atoms. The topological polar surface area (TPSA) is 55.6 Å². The molecule has 1 aromatic rings. The molecule has 0 aromatic carbocycles. The highest BCUT2D eigenvalue weighted by Gasteiger charge is 2.61. The van der Waals surface area contributed by atoms with Gasteiger partial charge in [-0.2, -0.15) is 0 Å². The van der Waals surface area contributed by atoms with Gasteiger partial charge in [-0.15, -0.1) is 5.10 Å². The van der Waals surface area contributed by atoms with Crippen LogP contribution in [0.4, 0.5) is 0 Å². The Labute approximate surface area is 127 Å². The number of aromatic nitrogens is 4. The molecule has 1 aromatic heterocycles. The Morgan fingerprint density at radius 3 is 2.71 bits per heavy atom. The number of hydrogen-bond donors (Lipinski definition) is 1. The van der Waals surface area contributed by atoms with Gasteiger partial charge in [0.25, 0.3) is 0 Å². The first-order valence-electron chi connectivity index (χ1n) is 8.32. The SMILES string of the molecule is CC(C)CNCc1nnnn1C1C2(C)CCC(C2)C1(C)C. The molecule has 2 aliphatic rings. The lowest BCUT2D eigenvalue weighted by molar-refractivity contribution is 0.0692. The van der Waals surface area contributed by atoms with Gasteiger partial charge in [0.15, 0.2) is 5.82 Å². The summed E-state index contributed by atoms with van der Waals surface area (Å²) in [5.41, 5.74) is 0.644. The van der Waals surface area contributed by atoms with Crippen molar-refractivity contribution in [3.05, 3.63) is 5.82 Å². The Morgan fingerprint density at radius 2 is 2.10 bits per heavy atom. The summed E-state index contributed by atoms with van der Waals surface area (Å²) in [5, 5.41) is 16.1. The molecule has 3 atom stereocenters. The summed E-state index contributed by atoms with van der Waals surface area (Å²) in [5.74, 6) is 2.45. The summed E-state index contributed by atoms with van der Waals surface area (Å²) >= 11 is 0. The minimum Gasteiger partial charge on any atom is -0.310 e. The second-order valence-electron chi connectivity index (χ2n) is 8.38. The highest BCUT2D eigenvalue weighted by molar-refractivity contribution is 5.11. The van der Waals surface area contributed by atoms with Crippen molar-refractivity contribution < 1.29 is 0 Å². The van der Waals surface area contributed by atoms with E-state index >= 15 is 0 Å². The molecule has 0 spiro atoms. The lowest BCUT2D eigenvalue weighted by atomic mass is 9.68. The molecule has 5 nitrogen and oxygen atoms in total. The van der Waals surface area contributed by atoms with Crippen molar-refractivity contribution in [3.8, 4) is 0 Å². The monoisotopic (exact) mass is 291 g/mol. The van der Waals surface area contributed by atoms with Crippen molar-refractivity contribution in [2.75, 3.05) is 6.54 Å². The summed E-state index contributed by atoms with van der Waals surface area (Å²) in [6.07, 6.45) is 4.00. The van der Waals surface area contributed by atoms with Crippen molar-refractivity contribution >= 4 is 0 Å². The van der Waals surface area contributed by atoms with Crippen LogP contribution in [0.25, 0.3) is 0 Å². The molecule has 2 saturated carbocycles. The number of nitrogens with one attached hydrogen (secondary N) is 1. The lowest BCUT2D eigenvalue weighted by Gasteiger charge is -2.42. The first-order chi connectivity index (χ1) is 9.84. The molecule has 2 bridgehead atoms. The molecule has 0 aliphatic heterocycles. The van der Waals surface area contributed by atoms with E-state index in [0.717, 1.165) is 24.8 Å². The van der Waals surface area contributed by atoms with E-state index in [4.69, 9.17) is 0 Å². The fraction of sp³-hybridized carbons (Fsp3) is 0.938. The van der Waals surface area contributed by atoms with Crippen LogP contribution in [0.1, 0.15) is 65.7 Å². The molecular formula is C16H29N5. The van der Waals surface area contributed by atoms with E-state index in [1.54, 1.807) is 0 Å². The van der Waals surface area contributed by atoms with Gasteiger partial charge in [-0.1, -0.05) is 34.6 Å². The van der Waals surface area contributed by atoms with Crippen LogP contribution in [-0.2, 0) is 6.54 Å². The van der Waals surface area contributed by atoms with Crippen LogP contribution in [0.15, 0.2) is 0 Å². The largest absolute Gasteiger partial charge is 0.310 e. The Balaban J connectivity index is 1.82. The van der Waals surface area contributed by atoms with E-state index < -0.39 is 0 Å². The zero-order valence-corrected chi connectivity index (χ0v) is 14.1. The second-order valence-corrected chi connectivity index (χ2v) is 8.38. The molecule has 118 valence electrons. The second kappa shape index (κ2) is 5.04. The summed E-state index contributed by atoms with van der Waals surface area (Å²) in [4.78, 5) is 0. The third kappa shape index (κ3) is 2.39. The van der Waals surface area contributed by atoms with Gasteiger partial charge in [-0.3, -0.25) is 0 Å². The fourth-order valence-corrected chi connectivity index (χ4v) is 4.89. The maximum Gasteiger partial charge on any atom is 0.165 e. The standard InChI is InChI=1S/C16H29N5/c1-11(2)9-17-10-13-18-19-20-21(13)14-15(3,4)12-6-7-16(14,5)8-12/h11-12,14,17H,6-10H2,1-5H3. The molecule has 1 heterocycles. The quantitative estimate of drug-likeness (QED) is 0.906. The van der Waals surface area contributed by atoms with Gasteiger partial charge < -0.3 is 5.32 Å². The van der Waals surface area contributed by atoms with Gasteiger partial charge in [-0.25, -0.2) is 4.68 Å². The number of nitrogens with zero attached hydrogens (tertiary/aromatic N) is 4. The minimum atomic E-state index is 0.287. The van der Waals surface area contributed by atoms with Crippen LogP contribution >= 0.6 is 0 Å². The third-order valence-electron chi connectivity index (χ3n) is 5.83. The van der Waals surface area contributed by atoms with Crippen LogP contribution in [0.5, 0.6) is 0 Å². The van der Waals surface area contributed by atoms with E-state index in [9.17, 15) is 0 Å². The molecule has 2 fully saturated rings. The molecule has 0 radical (unpaired) electrons. The molecule has 3 unspecified atom stereocenters. The molecule has 1 N–H and O–H groups in total.